The molecule has 1 aromatic carbocycles. The summed E-state index contributed by atoms with van der Waals surface area (Å²) < 4.78 is 61.2. The number of carbonyl (C=O) groups is 2. The van der Waals surface area contributed by atoms with E-state index in [0.717, 1.165) is 51.0 Å². The van der Waals surface area contributed by atoms with Gasteiger partial charge < -0.3 is 29.5 Å². The Balaban J connectivity index is 1.06. The van der Waals surface area contributed by atoms with Gasteiger partial charge in [0.15, 0.2) is 5.69 Å². The number of rotatable bonds is 8. The average molecular weight is 686 g/mol. The van der Waals surface area contributed by atoms with E-state index in [4.69, 9.17) is 14.2 Å². The highest BCUT2D eigenvalue weighted by Gasteiger charge is 2.57. The lowest BCUT2D eigenvalue weighted by molar-refractivity contribution is -0.146. The van der Waals surface area contributed by atoms with Gasteiger partial charge in [-0.2, -0.15) is 13.2 Å². The second-order valence-corrected chi connectivity index (χ2v) is 15.3. The Morgan fingerprint density at radius 3 is 2.59 bits per heavy atom. The second-order valence-electron chi connectivity index (χ2n) is 15.3. The first-order valence-corrected chi connectivity index (χ1v) is 17.4. The summed E-state index contributed by atoms with van der Waals surface area (Å²) >= 11 is 0. The highest BCUT2D eigenvalue weighted by atomic mass is 19.4. The minimum atomic E-state index is -4.99. The molecule has 4 atom stereocenters. The van der Waals surface area contributed by atoms with Gasteiger partial charge >= 0.3 is 12.1 Å². The van der Waals surface area contributed by atoms with Crippen LogP contribution in [0, 0.1) is 23.7 Å². The Kier molecular flexibility index (Phi) is 8.06. The maximum Gasteiger partial charge on any atom is 0.434 e. The summed E-state index contributed by atoms with van der Waals surface area (Å²) in [4.78, 5) is 38.5. The number of anilines is 2. The number of hydrogen-bond acceptors (Lipinski definition) is 9. The number of carboxylic acid groups (broad SMARTS) is 1. The number of hydrogen-bond donors (Lipinski definition) is 2. The molecular formula is C35H42F3N5O6. The first-order chi connectivity index (χ1) is 23.4. The van der Waals surface area contributed by atoms with Crippen molar-refractivity contribution in [3.8, 4) is 5.75 Å². The quantitative estimate of drug-likeness (QED) is 0.413. The zero-order chi connectivity index (χ0) is 34.1. The van der Waals surface area contributed by atoms with E-state index in [1.807, 2.05) is 25.1 Å². The fourth-order valence-corrected chi connectivity index (χ4v) is 9.34. The molecule has 5 fully saturated rings. The largest absolute Gasteiger partial charge is 0.488 e. The van der Waals surface area contributed by atoms with Gasteiger partial charge in [-0.3, -0.25) is 9.69 Å². The molecule has 4 unspecified atom stereocenters. The van der Waals surface area contributed by atoms with Crippen molar-refractivity contribution in [1.82, 2.24) is 20.2 Å². The van der Waals surface area contributed by atoms with Gasteiger partial charge in [0.1, 0.15) is 17.4 Å². The highest BCUT2D eigenvalue weighted by molar-refractivity contribution is 5.99. The van der Waals surface area contributed by atoms with Crippen molar-refractivity contribution < 1.29 is 42.1 Å². The fourth-order valence-electron chi connectivity index (χ4n) is 9.34. The smallest absolute Gasteiger partial charge is 0.434 e. The van der Waals surface area contributed by atoms with Gasteiger partial charge in [0.05, 0.1) is 18.8 Å². The van der Waals surface area contributed by atoms with Gasteiger partial charge in [0, 0.05) is 62.6 Å². The first-order valence-electron chi connectivity index (χ1n) is 17.4. The average Bonchev–Trinajstić information content (AvgIpc) is 3.47. The van der Waals surface area contributed by atoms with Gasteiger partial charge in [-0.15, -0.1) is 0 Å². The van der Waals surface area contributed by atoms with E-state index in [0.29, 0.717) is 62.8 Å². The third-order valence-corrected chi connectivity index (χ3v) is 11.8. The Hall–Kier alpha value is -3.49. The molecule has 1 aromatic heterocycles. The van der Waals surface area contributed by atoms with E-state index in [9.17, 15) is 27.9 Å². The van der Waals surface area contributed by atoms with Gasteiger partial charge in [0.2, 0.25) is 5.95 Å². The molecule has 2 N–H and O–H groups in total. The molecule has 2 saturated carbocycles. The summed E-state index contributed by atoms with van der Waals surface area (Å²) in [5.41, 5.74) is -2.54. The van der Waals surface area contributed by atoms with Crippen molar-refractivity contribution in [3.05, 3.63) is 41.2 Å². The molecule has 1 spiro atoms. The number of likely N-dealkylation sites (tertiary alicyclic amines) is 1. The minimum Gasteiger partial charge on any atom is -0.488 e. The number of halogens is 3. The van der Waals surface area contributed by atoms with Crippen LogP contribution in [0.25, 0.3) is 0 Å². The number of ether oxygens (including phenoxy) is 3. The van der Waals surface area contributed by atoms with Crippen LogP contribution in [0.1, 0.15) is 67.1 Å². The number of nitrogens with zero attached hydrogens (tertiary/aromatic N) is 4. The molecule has 14 heteroatoms. The maximum absolute atomic E-state index is 14.6. The molecule has 11 nitrogen and oxygen atoms in total. The molecule has 2 bridgehead atoms. The summed E-state index contributed by atoms with van der Waals surface area (Å²) in [5.74, 6) is -1.19. The number of amides is 1. The second kappa shape index (κ2) is 12.1. The SMILES string of the molecule is CC1CC2CC(C1)C(NC(=O)c1cnc(N3CC4(CCOCC4)c4cc(OC5CN(CC6COC6)C5)ccc43)nc1C(F)(F)F)(C(=O)O)C2. The molecular weight excluding hydrogens is 643 g/mol. The van der Waals surface area contributed by atoms with Crippen molar-refractivity contribution in [2.75, 3.05) is 57.5 Å². The van der Waals surface area contributed by atoms with Crippen molar-refractivity contribution in [3.63, 3.8) is 0 Å². The maximum atomic E-state index is 14.6. The number of nitrogens with one attached hydrogen (secondary N) is 1. The van der Waals surface area contributed by atoms with Crippen LogP contribution in [0.4, 0.5) is 24.8 Å². The van der Waals surface area contributed by atoms with E-state index in [2.05, 4.69) is 20.2 Å². The molecule has 264 valence electrons. The van der Waals surface area contributed by atoms with Crippen LogP contribution in [0.2, 0.25) is 0 Å². The van der Waals surface area contributed by atoms with Gasteiger partial charge in [0.25, 0.3) is 5.91 Å². The Labute approximate surface area is 282 Å². The Morgan fingerprint density at radius 2 is 1.90 bits per heavy atom. The molecule has 49 heavy (non-hydrogen) atoms. The summed E-state index contributed by atoms with van der Waals surface area (Å²) in [6.07, 6.45) is -0.441. The van der Waals surface area contributed by atoms with Gasteiger partial charge in [-0.1, -0.05) is 6.92 Å². The van der Waals surface area contributed by atoms with E-state index in [1.54, 1.807) is 4.90 Å². The zero-order valence-electron chi connectivity index (χ0n) is 27.5. The summed E-state index contributed by atoms with van der Waals surface area (Å²) in [6.45, 7) is 7.71. The van der Waals surface area contributed by atoms with Gasteiger partial charge in [-0.05, 0) is 80.0 Å². The summed E-state index contributed by atoms with van der Waals surface area (Å²) in [5, 5.41) is 12.8. The van der Waals surface area contributed by atoms with Crippen molar-refractivity contribution in [1.29, 1.82) is 0 Å². The van der Waals surface area contributed by atoms with Crippen LogP contribution >= 0.6 is 0 Å². The van der Waals surface area contributed by atoms with Crippen LogP contribution < -0.4 is 15.0 Å². The number of aromatic nitrogens is 2. The minimum absolute atomic E-state index is 0.0611. The number of carboxylic acids is 1. The molecule has 0 radical (unpaired) electrons. The lowest BCUT2D eigenvalue weighted by Gasteiger charge is -2.42. The molecule has 2 aliphatic carbocycles. The molecule has 4 aliphatic heterocycles. The highest BCUT2D eigenvalue weighted by Crippen LogP contribution is 2.52. The third kappa shape index (κ3) is 5.82. The standard InChI is InChI=1S/C35H42F3N5O6/c1-20-8-21-10-23(9-20)34(12-21,31(45)46)41-30(44)26-13-39-32(40-29(26)35(36,37)38)43-19-33(4-6-47-7-5-33)27-11-24(2-3-28(27)43)49-25-15-42(16-25)14-22-17-48-18-22/h2-3,11,13,20-23,25H,4-10,12,14-19H2,1H3,(H,41,44)(H,45,46). The van der Waals surface area contributed by atoms with Crippen LogP contribution in [-0.2, 0) is 25.9 Å². The van der Waals surface area contributed by atoms with E-state index < -0.39 is 40.3 Å². The van der Waals surface area contributed by atoms with Crippen molar-refractivity contribution in [2.24, 2.45) is 23.7 Å². The van der Waals surface area contributed by atoms with E-state index >= 15 is 0 Å². The first kappa shape index (κ1) is 32.7. The number of aliphatic carboxylic acids is 1. The molecule has 1 amide bonds. The fraction of sp³-hybridized carbons (Fsp3) is 0.657. The summed E-state index contributed by atoms with van der Waals surface area (Å²) in [6, 6.07) is 5.69. The van der Waals surface area contributed by atoms with E-state index in [-0.39, 0.29) is 36.2 Å². The Bertz CT molecular complexity index is 1630. The number of alkyl halides is 3. The number of carbonyl (C=O) groups excluding carboxylic acids is 1. The predicted octanol–water partition coefficient (Wildman–Crippen LogP) is 4.41. The topological polar surface area (TPSA) is 126 Å². The Morgan fingerprint density at radius 1 is 1.12 bits per heavy atom. The molecule has 6 aliphatic rings. The molecule has 5 heterocycles. The van der Waals surface area contributed by atoms with Crippen LogP contribution in [-0.4, -0.2) is 96.1 Å². The lowest BCUT2D eigenvalue weighted by Crippen LogP contribution is -2.57. The van der Waals surface area contributed by atoms with Gasteiger partial charge in [-0.25, -0.2) is 14.8 Å². The lowest BCUT2D eigenvalue weighted by atomic mass is 9.76. The molecule has 8 rings (SSSR count). The normalized spacial score (nSPS) is 29.7. The third-order valence-electron chi connectivity index (χ3n) is 11.8. The summed E-state index contributed by atoms with van der Waals surface area (Å²) in [7, 11) is 0. The molecule has 2 aromatic rings. The number of benzene rings is 1. The van der Waals surface area contributed by atoms with Crippen molar-refractivity contribution >= 4 is 23.5 Å². The van der Waals surface area contributed by atoms with Crippen LogP contribution in [0.15, 0.2) is 24.4 Å². The number of fused-ring (bicyclic) bond motifs is 4. The van der Waals surface area contributed by atoms with Crippen molar-refractivity contribution in [2.45, 2.75) is 68.7 Å². The zero-order valence-corrected chi connectivity index (χ0v) is 27.5. The van der Waals surface area contributed by atoms with E-state index in [1.165, 1.54) is 0 Å². The monoisotopic (exact) mass is 685 g/mol. The van der Waals surface area contributed by atoms with Crippen LogP contribution in [0.5, 0.6) is 5.75 Å². The molecule has 3 saturated heterocycles. The van der Waals surface area contributed by atoms with Crippen LogP contribution in [0.3, 0.4) is 0 Å². The predicted molar refractivity (Wildman–Crippen MR) is 170 cm³/mol.